The van der Waals surface area contributed by atoms with Crippen molar-refractivity contribution in [1.29, 1.82) is 0 Å². The van der Waals surface area contributed by atoms with Gasteiger partial charge in [0.1, 0.15) is 12.8 Å². The predicted octanol–water partition coefficient (Wildman–Crippen LogP) is -0.198. The minimum absolute atomic E-state index is 0.0288. The van der Waals surface area contributed by atoms with Gasteiger partial charge in [-0.05, 0) is 6.92 Å². The fraction of sp³-hybridized carbons (Fsp3) is 0.615. The molecule has 1 saturated heterocycles. The van der Waals surface area contributed by atoms with E-state index in [1.54, 1.807) is 11.5 Å². The molecular weight excluding hydrogens is 306 g/mol. The van der Waals surface area contributed by atoms with Crippen molar-refractivity contribution in [2.75, 3.05) is 25.6 Å². The number of hydrogen-bond acceptors (Lipinski definition) is 8. The zero-order valence-electron chi connectivity index (χ0n) is 12.9. The number of nitrogen functional groups attached to an aromatic ring is 1. The molecule has 3 rings (SSSR count). The standard InChI is InChI=1S/C13H19N5O5/c1-3-21-13(2)22-4-8(5-23-13)20-7-18-6-15-9-10(18)16-12(14)17-11(9)19/h6,8H,3-5,7H2,1-2H3,(H3,14,16,17,19). The van der Waals surface area contributed by atoms with Gasteiger partial charge in [0.05, 0.1) is 19.5 Å². The number of H-pyrrole nitrogens is 1. The molecule has 0 aliphatic carbocycles. The fourth-order valence-corrected chi connectivity index (χ4v) is 2.27. The molecule has 2 aromatic heterocycles. The van der Waals surface area contributed by atoms with Crippen LogP contribution in [0.2, 0.25) is 0 Å². The lowest BCUT2D eigenvalue weighted by Crippen LogP contribution is -2.47. The molecule has 1 aliphatic heterocycles. The van der Waals surface area contributed by atoms with E-state index in [9.17, 15) is 4.79 Å². The van der Waals surface area contributed by atoms with Crippen LogP contribution in [0.3, 0.4) is 0 Å². The minimum Gasteiger partial charge on any atom is -0.369 e. The molecular formula is C13H19N5O5. The topological polar surface area (TPSA) is 127 Å². The normalized spacial score (nSPS) is 25.0. The molecule has 10 nitrogen and oxygen atoms in total. The first kappa shape index (κ1) is 15.9. The van der Waals surface area contributed by atoms with Crippen molar-refractivity contribution in [3.8, 4) is 0 Å². The van der Waals surface area contributed by atoms with E-state index in [1.165, 1.54) is 6.33 Å². The Balaban J connectivity index is 1.63. The molecule has 0 amide bonds. The largest absolute Gasteiger partial charge is 0.369 e. The first-order valence-electron chi connectivity index (χ1n) is 7.25. The third-order valence-corrected chi connectivity index (χ3v) is 3.41. The summed E-state index contributed by atoms with van der Waals surface area (Å²) in [6.07, 6.45) is 1.21. The van der Waals surface area contributed by atoms with Crippen molar-refractivity contribution < 1.29 is 18.9 Å². The van der Waals surface area contributed by atoms with Crippen LogP contribution in [0.1, 0.15) is 13.8 Å². The van der Waals surface area contributed by atoms with E-state index in [4.69, 9.17) is 24.7 Å². The maximum Gasteiger partial charge on any atom is 0.280 e. The van der Waals surface area contributed by atoms with E-state index < -0.39 is 5.97 Å². The van der Waals surface area contributed by atoms with Gasteiger partial charge < -0.3 is 24.7 Å². The molecule has 23 heavy (non-hydrogen) atoms. The molecule has 0 saturated carbocycles. The molecule has 1 aliphatic rings. The Morgan fingerprint density at radius 2 is 2.26 bits per heavy atom. The van der Waals surface area contributed by atoms with Gasteiger partial charge in [-0.3, -0.25) is 14.3 Å². The highest BCUT2D eigenvalue weighted by Crippen LogP contribution is 2.21. The van der Waals surface area contributed by atoms with Gasteiger partial charge in [0, 0.05) is 13.5 Å². The molecule has 0 bridgehead atoms. The Morgan fingerprint density at radius 1 is 1.52 bits per heavy atom. The van der Waals surface area contributed by atoms with E-state index in [-0.39, 0.29) is 29.9 Å². The van der Waals surface area contributed by atoms with Crippen molar-refractivity contribution in [1.82, 2.24) is 19.5 Å². The predicted molar refractivity (Wildman–Crippen MR) is 79.4 cm³/mol. The Labute approximate surface area is 131 Å². The van der Waals surface area contributed by atoms with Crippen LogP contribution in [0.15, 0.2) is 11.1 Å². The Bertz CT molecular complexity index is 734. The molecule has 0 unspecified atom stereocenters. The Morgan fingerprint density at radius 3 is 2.96 bits per heavy atom. The number of anilines is 1. The summed E-state index contributed by atoms with van der Waals surface area (Å²) in [5, 5.41) is 0. The highest BCUT2D eigenvalue weighted by molar-refractivity contribution is 5.70. The van der Waals surface area contributed by atoms with Gasteiger partial charge in [-0.15, -0.1) is 0 Å². The summed E-state index contributed by atoms with van der Waals surface area (Å²) in [5.41, 5.74) is 5.74. The molecule has 3 N–H and O–H groups in total. The number of aromatic nitrogens is 4. The summed E-state index contributed by atoms with van der Waals surface area (Å²) in [4.78, 5) is 22.2. The summed E-state index contributed by atoms with van der Waals surface area (Å²) in [7, 11) is 0. The second-order valence-electron chi connectivity index (χ2n) is 5.17. The third kappa shape index (κ3) is 3.34. The molecule has 0 atom stereocenters. The lowest BCUT2D eigenvalue weighted by Gasteiger charge is -2.36. The second kappa shape index (κ2) is 6.24. The third-order valence-electron chi connectivity index (χ3n) is 3.41. The summed E-state index contributed by atoms with van der Waals surface area (Å²) in [5.74, 6) is -0.999. The molecule has 3 heterocycles. The van der Waals surface area contributed by atoms with Crippen molar-refractivity contribution >= 4 is 17.1 Å². The lowest BCUT2D eigenvalue weighted by molar-refractivity contribution is -0.404. The highest BCUT2D eigenvalue weighted by Gasteiger charge is 2.34. The first-order valence-corrected chi connectivity index (χ1v) is 7.25. The van der Waals surface area contributed by atoms with Crippen LogP contribution in [-0.2, 0) is 25.7 Å². The SMILES string of the molecule is CCOC1(C)OCC(OCn2cnc3c(=O)[nH]c(N)nc32)CO1. The van der Waals surface area contributed by atoms with Crippen LogP contribution < -0.4 is 11.3 Å². The van der Waals surface area contributed by atoms with E-state index in [0.29, 0.717) is 25.5 Å². The van der Waals surface area contributed by atoms with Gasteiger partial charge in [0.2, 0.25) is 5.95 Å². The summed E-state index contributed by atoms with van der Waals surface area (Å²) in [6.45, 7) is 4.89. The minimum atomic E-state index is -1.03. The number of imidazole rings is 1. The molecule has 126 valence electrons. The highest BCUT2D eigenvalue weighted by atomic mass is 16.9. The van der Waals surface area contributed by atoms with Gasteiger partial charge in [0.25, 0.3) is 11.5 Å². The van der Waals surface area contributed by atoms with E-state index in [0.717, 1.165) is 0 Å². The van der Waals surface area contributed by atoms with Crippen molar-refractivity contribution in [2.45, 2.75) is 32.7 Å². The molecule has 0 radical (unpaired) electrons. The molecule has 2 aromatic rings. The average molecular weight is 325 g/mol. The molecule has 10 heteroatoms. The van der Waals surface area contributed by atoms with E-state index >= 15 is 0 Å². The quantitative estimate of drug-likeness (QED) is 0.774. The zero-order chi connectivity index (χ0) is 16.4. The summed E-state index contributed by atoms with van der Waals surface area (Å²) >= 11 is 0. The number of nitrogens with two attached hydrogens (primary N) is 1. The van der Waals surface area contributed by atoms with Gasteiger partial charge in [-0.25, -0.2) is 4.98 Å². The Hall–Kier alpha value is -2.01. The number of aromatic amines is 1. The average Bonchev–Trinajstić information content (AvgIpc) is 2.90. The van der Waals surface area contributed by atoms with E-state index in [2.05, 4.69) is 15.0 Å². The molecule has 1 fully saturated rings. The summed E-state index contributed by atoms with van der Waals surface area (Å²) in [6, 6.07) is 0. The van der Waals surface area contributed by atoms with E-state index in [1.807, 2.05) is 6.92 Å². The van der Waals surface area contributed by atoms with Crippen LogP contribution in [-0.4, -0.2) is 51.4 Å². The number of nitrogens with one attached hydrogen (secondary N) is 1. The van der Waals surface area contributed by atoms with Crippen LogP contribution in [0, 0.1) is 0 Å². The summed E-state index contributed by atoms with van der Waals surface area (Å²) < 4.78 is 23.7. The Kier molecular flexibility index (Phi) is 4.31. The molecule has 0 aromatic carbocycles. The first-order chi connectivity index (χ1) is 11.0. The maximum absolute atomic E-state index is 11.7. The van der Waals surface area contributed by atoms with Crippen LogP contribution in [0.25, 0.3) is 11.2 Å². The van der Waals surface area contributed by atoms with Crippen molar-refractivity contribution in [3.05, 3.63) is 16.7 Å². The number of rotatable bonds is 5. The second-order valence-corrected chi connectivity index (χ2v) is 5.17. The van der Waals surface area contributed by atoms with Gasteiger partial charge >= 0.3 is 0 Å². The van der Waals surface area contributed by atoms with Crippen molar-refractivity contribution in [2.24, 2.45) is 0 Å². The van der Waals surface area contributed by atoms with Gasteiger partial charge in [0.15, 0.2) is 11.2 Å². The molecule has 0 spiro atoms. The van der Waals surface area contributed by atoms with Crippen LogP contribution >= 0.6 is 0 Å². The number of ether oxygens (including phenoxy) is 4. The van der Waals surface area contributed by atoms with Crippen molar-refractivity contribution in [3.63, 3.8) is 0 Å². The van der Waals surface area contributed by atoms with Gasteiger partial charge in [-0.2, -0.15) is 4.98 Å². The van der Waals surface area contributed by atoms with Gasteiger partial charge in [-0.1, -0.05) is 0 Å². The monoisotopic (exact) mass is 325 g/mol. The number of nitrogens with zero attached hydrogens (tertiary/aromatic N) is 3. The smallest absolute Gasteiger partial charge is 0.280 e. The zero-order valence-corrected chi connectivity index (χ0v) is 12.9. The van der Waals surface area contributed by atoms with Crippen LogP contribution in [0.4, 0.5) is 5.95 Å². The number of hydrogen-bond donors (Lipinski definition) is 2. The van der Waals surface area contributed by atoms with Crippen LogP contribution in [0.5, 0.6) is 0 Å². The maximum atomic E-state index is 11.7. The lowest BCUT2D eigenvalue weighted by atomic mass is 10.3. The fourth-order valence-electron chi connectivity index (χ4n) is 2.27. The number of fused-ring (bicyclic) bond motifs is 1.